The van der Waals surface area contributed by atoms with Gasteiger partial charge in [0.15, 0.2) is 30.4 Å². The van der Waals surface area contributed by atoms with E-state index >= 15 is 0 Å². The van der Waals surface area contributed by atoms with Gasteiger partial charge in [-0.15, -0.1) is 0 Å². The lowest BCUT2D eigenvalue weighted by Crippen LogP contribution is -2.59. The summed E-state index contributed by atoms with van der Waals surface area (Å²) in [6, 6.07) is 9.38. The number of oxime groups is 1. The molecule has 3 aliphatic heterocycles. The number of aliphatic hydroxyl groups is 1. The van der Waals surface area contributed by atoms with Crippen LogP contribution in [0.2, 0.25) is 0 Å². The molecule has 15 heteroatoms. The monoisotopic (exact) mass is 801 g/mol. The molecule has 0 aromatic heterocycles. The van der Waals surface area contributed by atoms with E-state index in [4.69, 9.17) is 33.3 Å². The second-order valence-electron chi connectivity index (χ2n) is 16.3. The van der Waals surface area contributed by atoms with Gasteiger partial charge in [0.2, 0.25) is 0 Å². The highest BCUT2D eigenvalue weighted by atomic mass is 16.8. The van der Waals surface area contributed by atoms with Crippen molar-refractivity contribution in [2.45, 2.75) is 129 Å². The van der Waals surface area contributed by atoms with E-state index in [9.17, 15) is 24.3 Å². The maximum Gasteiger partial charge on any atom is 0.509 e. The number of fused-ring (bicyclic) bond motifs is 1. The van der Waals surface area contributed by atoms with Crippen LogP contribution in [-0.4, -0.2) is 128 Å². The van der Waals surface area contributed by atoms with Crippen molar-refractivity contribution >= 4 is 35.6 Å². The fourth-order valence-electron chi connectivity index (χ4n) is 8.38. The van der Waals surface area contributed by atoms with Crippen LogP contribution >= 0.6 is 0 Å². The average Bonchev–Trinajstić information content (AvgIpc) is 3.49. The van der Waals surface area contributed by atoms with Gasteiger partial charge in [-0.2, -0.15) is 0 Å². The third-order valence-corrected chi connectivity index (χ3v) is 11.7. The number of nitrogens with one attached hydrogen (secondary N) is 1. The van der Waals surface area contributed by atoms with E-state index in [-0.39, 0.29) is 31.5 Å². The number of rotatable bonds is 11. The average molecular weight is 802 g/mol. The minimum Gasteiger partial charge on any atom is -0.457 e. The van der Waals surface area contributed by atoms with Crippen LogP contribution in [0.25, 0.3) is 6.08 Å². The molecule has 13 atom stereocenters. The van der Waals surface area contributed by atoms with Crippen molar-refractivity contribution < 1.29 is 57.5 Å². The third kappa shape index (κ3) is 10.8. The minimum absolute atomic E-state index is 0.165. The number of ether oxygens (including phenoxy) is 6. The topological polar surface area (TPSA) is 181 Å². The van der Waals surface area contributed by atoms with Gasteiger partial charge in [-0.05, 0) is 66.6 Å². The van der Waals surface area contributed by atoms with Gasteiger partial charge in [-0.1, -0.05) is 75.3 Å². The second-order valence-corrected chi connectivity index (χ2v) is 16.3. The van der Waals surface area contributed by atoms with Crippen LogP contribution in [0.15, 0.2) is 41.6 Å². The fraction of sp³-hybridized carbons (Fsp3) is 0.690. The van der Waals surface area contributed by atoms with Gasteiger partial charge in [-0.3, -0.25) is 14.4 Å². The first-order valence-electron chi connectivity index (χ1n) is 19.9. The lowest BCUT2D eigenvalue weighted by molar-refractivity contribution is -0.295. The highest BCUT2D eigenvalue weighted by Gasteiger charge is 2.58. The smallest absolute Gasteiger partial charge is 0.457 e. The van der Waals surface area contributed by atoms with Crippen LogP contribution in [0.5, 0.6) is 0 Å². The molecule has 3 saturated heterocycles. The number of ketones is 1. The number of Topliss-reactive ketones (excluding diaryl/α,β-unsaturated/α-hetero) is 1. The van der Waals surface area contributed by atoms with Gasteiger partial charge in [0.05, 0.1) is 23.5 Å². The number of methoxy groups -OCH3 is 1. The molecule has 0 bridgehead atoms. The van der Waals surface area contributed by atoms with Crippen LogP contribution < -0.4 is 5.32 Å². The van der Waals surface area contributed by atoms with E-state index in [1.54, 1.807) is 34.6 Å². The van der Waals surface area contributed by atoms with Gasteiger partial charge in [0, 0.05) is 37.5 Å². The number of likely N-dealkylation sites (N-methyl/N-ethyl adjacent to an activating group) is 1. The second kappa shape index (κ2) is 19.7. The van der Waals surface area contributed by atoms with Crippen LogP contribution in [0.4, 0.5) is 4.79 Å². The molecule has 3 fully saturated rings. The number of nitrogens with zero attached hydrogens (tertiary/aromatic N) is 2. The number of carbonyl (C=O) groups excluding carboxylic acids is 4. The zero-order valence-corrected chi connectivity index (χ0v) is 35.3. The van der Waals surface area contributed by atoms with Crippen molar-refractivity contribution in [1.82, 2.24) is 10.2 Å². The molecule has 318 valence electrons. The van der Waals surface area contributed by atoms with Gasteiger partial charge < -0.3 is 48.6 Å². The van der Waals surface area contributed by atoms with Crippen molar-refractivity contribution in [3.05, 3.63) is 42.0 Å². The molecular weight excluding hydrogens is 738 g/mol. The Morgan fingerprint density at radius 1 is 1.05 bits per heavy atom. The quantitative estimate of drug-likeness (QED) is 0.181. The number of amides is 1. The summed E-state index contributed by atoms with van der Waals surface area (Å²) < 4.78 is 36.6. The van der Waals surface area contributed by atoms with Crippen molar-refractivity contribution in [2.75, 3.05) is 34.4 Å². The standard InChI is InChI=1S/C42H63N3O12/c1-12-31-42(8)37(56-40(50)57-42)26(4)33(44-52-23-32(46)43-20-16-19-29-17-14-13-15-18-29)24(2)22-41(7,51-11)36(27(5)34(47)28(6)38(49)54-31)55-39-35(48)30(45(9)10)21-25(3)53-39/h13-19,24-28,30-31,35-37,39,48H,12,20-23H2,1-11H3,(H,43,46)/b19-16-,44-33+/t24-,25-,26+,27+,28-,30+,31-,35-,36-,37-,39+,41+,42-/m1/s1. The summed E-state index contributed by atoms with van der Waals surface area (Å²) >= 11 is 0. The molecule has 0 unspecified atom stereocenters. The zero-order chi connectivity index (χ0) is 42.2. The Labute approximate surface area is 336 Å². The Morgan fingerprint density at radius 2 is 1.74 bits per heavy atom. The van der Waals surface area contributed by atoms with E-state index in [1.807, 2.05) is 75.3 Å². The lowest BCUT2D eigenvalue weighted by Gasteiger charge is -2.47. The Morgan fingerprint density at radius 3 is 2.37 bits per heavy atom. The maximum atomic E-state index is 14.3. The van der Waals surface area contributed by atoms with Gasteiger partial charge >= 0.3 is 12.1 Å². The minimum atomic E-state index is -1.48. The molecule has 15 nitrogen and oxygen atoms in total. The molecule has 0 aliphatic carbocycles. The SMILES string of the molecule is CC[C@H]1OC(=O)[C@H](C)C(=O)[C@H](C)[C@@H](O[C@@H]2O[C@H](C)C[C@H](N(C)C)[C@H]2O)[C@@](C)(OC)C[C@@H](C)/C(=N\OCC(=O)NC/C=C\c2ccccc2)[C@H](C)[C@H]2OC(=O)O[C@@]21C. The van der Waals surface area contributed by atoms with Crippen LogP contribution in [-0.2, 0) is 47.6 Å². The van der Waals surface area contributed by atoms with Gasteiger partial charge in [0.25, 0.3) is 5.91 Å². The van der Waals surface area contributed by atoms with E-state index < -0.39 is 96.0 Å². The highest BCUT2D eigenvalue weighted by Crippen LogP contribution is 2.42. The Hall–Kier alpha value is -3.89. The number of hydrogen-bond acceptors (Lipinski definition) is 14. The number of carbonyl (C=O) groups is 4. The first-order chi connectivity index (χ1) is 26.9. The van der Waals surface area contributed by atoms with Crippen molar-refractivity contribution in [1.29, 1.82) is 0 Å². The Bertz CT molecular complexity index is 1610. The summed E-state index contributed by atoms with van der Waals surface area (Å²) in [6.45, 7) is 13.7. The largest absolute Gasteiger partial charge is 0.509 e. The van der Waals surface area contributed by atoms with Crippen LogP contribution in [0.1, 0.15) is 80.2 Å². The molecule has 2 N–H and O–H groups in total. The van der Waals surface area contributed by atoms with Crippen molar-refractivity contribution in [3.8, 4) is 0 Å². The zero-order valence-electron chi connectivity index (χ0n) is 35.3. The molecule has 0 saturated carbocycles. The summed E-state index contributed by atoms with van der Waals surface area (Å²) in [7, 11) is 5.22. The molecular formula is C42H63N3O12. The van der Waals surface area contributed by atoms with Crippen LogP contribution in [0.3, 0.4) is 0 Å². The number of benzene rings is 1. The molecule has 0 spiro atoms. The van der Waals surface area contributed by atoms with E-state index in [1.165, 1.54) is 14.0 Å². The summed E-state index contributed by atoms with van der Waals surface area (Å²) in [5.74, 6) is -5.14. The molecule has 3 heterocycles. The van der Waals surface area contributed by atoms with E-state index in [0.717, 1.165) is 5.56 Å². The molecule has 57 heavy (non-hydrogen) atoms. The summed E-state index contributed by atoms with van der Waals surface area (Å²) in [5, 5.41) is 18.8. The van der Waals surface area contributed by atoms with Crippen LogP contribution in [0, 0.1) is 23.7 Å². The number of aliphatic hydroxyl groups excluding tert-OH is 1. The first-order valence-corrected chi connectivity index (χ1v) is 19.9. The maximum absolute atomic E-state index is 14.3. The summed E-state index contributed by atoms with van der Waals surface area (Å²) in [6.07, 6.45) is -1.85. The van der Waals surface area contributed by atoms with Crippen molar-refractivity contribution in [3.63, 3.8) is 0 Å². The Kier molecular flexibility index (Phi) is 15.8. The van der Waals surface area contributed by atoms with E-state index in [0.29, 0.717) is 12.1 Å². The molecule has 1 amide bonds. The highest BCUT2D eigenvalue weighted by molar-refractivity contribution is 6.00. The third-order valence-electron chi connectivity index (χ3n) is 11.7. The first kappa shape index (κ1) is 45.8. The molecule has 3 aliphatic rings. The number of esters is 1. The van der Waals surface area contributed by atoms with E-state index in [2.05, 4.69) is 10.5 Å². The molecule has 1 aromatic rings. The predicted octanol–water partition coefficient (Wildman–Crippen LogP) is 4.54. The number of cyclic esters (lactones) is 1. The number of hydrogen-bond donors (Lipinski definition) is 2. The predicted molar refractivity (Wildman–Crippen MR) is 211 cm³/mol. The Balaban J connectivity index is 1.72. The normalized spacial score (nSPS) is 37.6. The molecule has 4 rings (SSSR count). The van der Waals surface area contributed by atoms with Crippen molar-refractivity contribution in [2.24, 2.45) is 28.8 Å². The molecule has 1 aromatic carbocycles. The lowest BCUT2D eigenvalue weighted by atomic mass is 9.74. The summed E-state index contributed by atoms with van der Waals surface area (Å²) in [4.78, 5) is 61.4. The van der Waals surface area contributed by atoms with Gasteiger partial charge in [0.1, 0.15) is 18.1 Å². The molecule has 0 radical (unpaired) electrons. The van der Waals surface area contributed by atoms with Gasteiger partial charge in [-0.25, -0.2) is 4.79 Å². The fourth-order valence-corrected chi connectivity index (χ4v) is 8.38. The summed E-state index contributed by atoms with van der Waals surface area (Å²) in [5.41, 5.74) is -1.37.